The number of aromatic carboxylic acids is 1. The van der Waals surface area contributed by atoms with Crippen LogP contribution in [0.4, 0.5) is 5.69 Å². The van der Waals surface area contributed by atoms with Gasteiger partial charge in [-0.05, 0) is 42.8 Å². The molecule has 0 aliphatic rings. The summed E-state index contributed by atoms with van der Waals surface area (Å²) in [6.07, 6.45) is 0. The number of hydrogen-bond donors (Lipinski definition) is 2. The molecule has 0 aromatic heterocycles. The molecular weight excluding hydrogens is 334 g/mol. The standard InChI is InChI=1S/C17H16ClNO5/c1-10-3-5-15(23-2)13(7-10)19-16(20)9-24-14-6-4-11(17(21)22)8-12(14)18/h3-8H,9H2,1-2H3,(H,19,20)(H,21,22). The molecule has 2 N–H and O–H groups in total. The Morgan fingerprint density at radius 3 is 2.50 bits per heavy atom. The molecule has 24 heavy (non-hydrogen) atoms. The van der Waals surface area contributed by atoms with Crippen molar-refractivity contribution in [2.24, 2.45) is 0 Å². The van der Waals surface area contributed by atoms with Gasteiger partial charge in [-0.15, -0.1) is 0 Å². The van der Waals surface area contributed by atoms with Crippen molar-refractivity contribution in [1.82, 2.24) is 0 Å². The normalized spacial score (nSPS) is 10.1. The van der Waals surface area contributed by atoms with Gasteiger partial charge in [0.1, 0.15) is 11.5 Å². The van der Waals surface area contributed by atoms with E-state index in [1.807, 2.05) is 13.0 Å². The molecule has 0 aliphatic carbocycles. The van der Waals surface area contributed by atoms with Crippen LogP contribution in [0.15, 0.2) is 36.4 Å². The number of carbonyl (C=O) groups is 2. The summed E-state index contributed by atoms with van der Waals surface area (Å²) in [5.74, 6) is -0.712. The molecule has 126 valence electrons. The van der Waals surface area contributed by atoms with Crippen LogP contribution in [0.5, 0.6) is 11.5 Å². The first-order chi connectivity index (χ1) is 11.4. The van der Waals surface area contributed by atoms with Gasteiger partial charge in [-0.1, -0.05) is 17.7 Å². The number of halogens is 1. The number of anilines is 1. The fraction of sp³-hybridized carbons (Fsp3) is 0.176. The second kappa shape index (κ2) is 7.70. The number of hydrogen-bond acceptors (Lipinski definition) is 4. The lowest BCUT2D eigenvalue weighted by Crippen LogP contribution is -2.20. The van der Waals surface area contributed by atoms with E-state index in [2.05, 4.69) is 5.32 Å². The van der Waals surface area contributed by atoms with E-state index < -0.39 is 11.9 Å². The molecule has 0 spiro atoms. The largest absolute Gasteiger partial charge is 0.495 e. The number of benzene rings is 2. The van der Waals surface area contributed by atoms with Gasteiger partial charge in [0.15, 0.2) is 6.61 Å². The van der Waals surface area contributed by atoms with Crippen molar-refractivity contribution < 1.29 is 24.2 Å². The number of carboxylic acids is 1. The summed E-state index contributed by atoms with van der Waals surface area (Å²) in [6.45, 7) is 1.62. The monoisotopic (exact) mass is 349 g/mol. The SMILES string of the molecule is COc1ccc(C)cc1NC(=O)COc1ccc(C(=O)O)cc1Cl. The van der Waals surface area contributed by atoms with Gasteiger partial charge in [0.2, 0.25) is 0 Å². The van der Waals surface area contributed by atoms with Gasteiger partial charge in [0, 0.05) is 0 Å². The van der Waals surface area contributed by atoms with Crippen molar-refractivity contribution in [1.29, 1.82) is 0 Å². The van der Waals surface area contributed by atoms with E-state index in [0.717, 1.165) is 5.56 Å². The van der Waals surface area contributed by atoms with E-state index in [1.165, 1.54) is 25.3 Å². The fourth-order valence-electron chi connectivity index (χ4n) is 2.00. The average molecular weight is 350 g/mol. The maximum atomic E-state index is 12.0. The number of ether oxygens (including phenoxy) is 2. The number of carbonyl (C=O) groups excluding carboxylic acids is 1. The summed E-state index contributed by atoms with van der Waals surface area (Å²) < 4.78 is 10.5. The molecule has 0 atom stereocenters. The lowest BCUT2D eigenvalue weighted by atomic mass is 10.2. The fourth-order valence-corrected chi connectivity index (χ4v) is 2.24. The smallest absolute Gasteiger partial charge is 0.335 e. The van der Waals surface area contributed by atoms with Crippen LogP contribution in [-0.4, -0.2) is 30.7 Å². The van der Waals surface area contributed by atoms with E-state index in [9.17, 15) is 9.59 Å². The first-order valence-electron chi connectivity index (χ1n) is 7.01. The number of amides is 1. The summed E-state index contributed by atoms with van der Waals surface area (Å²) in [5.41, 5.74) is 1.55. The maximum Gasteiger partial charge on any atom is 0.335 e. The first-order valence-corrected chi connectivity index (χ1v) is 7.38. The molecule has 0 radical (unpaired) electrons. The van der Waals surface area contributed by atoms with Gasteiger partial charge >= 0.3 is 5.97 Å². The van der Waals surface area contributed by atoms with E-state index in [1.54, 1.807) is 12.1 Å². The molecule has 0 fully saturated rings. The molecule has 2 aromatic carbocycles. The van der Waals surface area contributed by atoms with Crippen molar-refractivity contribution in [3.05, 3.63) is 52.5 Å². The molecule has 2 aromatic rings. The van der Waals surface area contributed by atoms with Crippen LogP contribution in [-0.2, 0) is 4.79 Å². The molecular formula is C17H16ClNO5. The van der Waals surface area contributed by atoms with Crippen LogP contribution in [0.25, 0.3) is 0 Å². The Hall–Kier alpha value is -2.73. The second-order valence-electron chi connectivity index (χ2n) is 4.99. The molecule has 0 saturated carbocycles. The highest BCUT2D eigenvalue weighted by Crippen LogP contribution is 2.27. The Bertz CT molecular complexity index is 776. The van der Waals surface area contributed by atoms with E-state index in [4.69, 9.17) is 26.2 Å². The van der Waals surface area contributed by atoms with Crippen LogP contribution in [0.1, 0.15) is 15.9 Å². The van der Waals surface area contributed by atoms with E-state index in [-0.39, 0.29) is 22.9 Å². The topological polar surface area (TPSA) is 84.9 Å². The highest BCUT2D eigenvalue weighted by molar-refractivity contribution is 6.32. The number of methoxy groups -OCH3 is 1. The predicted molar refractivity (Wildman–Crippen MR) is 90.3 cm³/mol. The number of nitrogens with one attached hydrogen (secondary N) is 1. The molecule has 1 amide bonds. The number of carboxylic acid groups (broad SMARTS) is 1. The van der Waals surface area contributed by atoms with E-state index in [0.29, 0.717) is 11.4 Å². The van der Waals surface area contributed by atoms with Gasteiger partial charge < -0.3 is 19.9 Å². The zero-order valence-corrected chi connectivity index (χ0v) is 13.9. The van der Waals surface area contributed by atoms with Crippen LogP contribution >= 0.6 is 11.6 Å². The molecule has 0 heterocycles. The Morgan fingerprint density at radius 1 is 1.17 bits per heavy atom. The summed E-state index contributed by atoms with van der Waals surface area (Å²) >= 11 is 5.95. The van der Waals surface area contributed by atoms with Gasteiger partial charge in [-0.25, -0.2) is 4.79 Å². The molecule has 0 unspecified atom stereocenters. The van der Waals surface area contributed by atoms with Crippen molar-refractivity contribution in [2.45, 2.75) is 6.92 Å². The molecule has 0 saturated heterocycles. The van der Waals surface area contributed by atoms with Crippen molar-refractivity contribution in [3.8, 4) is 11.5 Å². The Kier molecular flexibility index (Phi) is 5.65. The second-order valence-corrected chi connectivity index (χ2v) is 5.40. The highest BCUT2D eigenvalue weighted by Gasteiger charge is 2.11. The zero-order valence-electron chi connectivity index (χ0n) is 13.1. The predicted octanol–water partition coefficient (Wildman–Crippen LogP) is 3.37. The minimum Gasteiger partial charge on any atom is -0.495 e. The van der Waals surface area contributed by atoms with Crippen LogP contribution in [0.2, 0.25) is 5.02 Å². The lowest BCUT2D eigenvalue weighted by molar-refractivity contribution is -0.118. The molecule has 2 rings (SSSR count). The summed E-state index contributed by atoms with van der Waals surface area (Å²) in [5, 5.41) is 11.7. The van der Waals surface area contributed by atoms with E-state index >= 15 is 0 Å². The summed E-state index contributed by atoms with van der Waals surface area (Å²) in [4.78, 5) is 22.9. The maximum absolute atomic E-state index is 12.0. The van der Waals surface area contributed by atoms with Gasteiger partial charge in [0.05, 0.1) is 23.4 Å². The van der Waals surface area contributed by atoms with Crippen LogP contribution in [0, 0.1) is 6.92 Å². The first kappa shape index (κ1) is 17.6. The lowest BCUT2D eigenvalue weighted by Gasteiger charge is -2.12. The Morgan fingerprint density at radius 2 is 1.88 bits per heavy atom. The van der Waals surface area contributed by atoms with Crippen LogP contribution < -0.4 is 14.8 Å². The third-order valence-corrected chi connectivity index (χ3v) is 3.46. The quantitative estimate of drug-likeness (QED) is 0.835. The minimum absolute atomic E-state index is 0.0429. The Labute approximate surface area is 144 Å². The zero-order chi connectivity index (χ0) is 17.7. The molecule has 7 heteroatoms. The van der Waals surface area contributed by atoms with Crippen molar-refractivity contribution in [2.75, 3.05) is 19.0 Å². The average Bonchev–Trinajstić information content (AvgIpc) is 2.53. The van der Waals surface area contributed by atoms with Gasteiger partial charge in [-0.3, -0.25) is 4.79 Å². The molecule has 0 aliphatic heterocycles. The summed E-state index contributed by atoms with van der Waals surface area (Å²) in [6, 6.07) is 9.44. The summed E-state index contributed by atoms with van der Waals surface area (Å²) in [7, 11) is 1.51. The third-order valence-electron chi connectivity index (χ3n) is 3.17. The Balaban J connectivity index is 2.01. The van der Waals surface area contributed by atoms with Gasteiger partial charge in [0.25, 0.3) is 5.91 Å². The third kappa shape index (κ3) is 4.39. The molecule has 6 nitrogen and oxygen atoms in total. The van der Waals surface area contributed by atoms with Crippen molar-refractivity contribution in [3.63, 3.8) is 0 Å². The van der Waals surface area contributed by atoms with Crippen LogP contribution in [0.3, 0.4) is 0 Å². The number of aryl methyl sites for hydroxylation is 1. The number of rotatable bonds is 6. The molecule has 0 bridgehead atoms. The highest BCUT2D eigenvalue weighted by atomic mass is 35.5. The van der Waals surface area contributed by atoms with Crippen molar-refractivity contribution >= 4 is 29.2 Å². The minimum atomic E-state index is -1.09. The van der Waals surface area contributed by atoms with Gasteiger partial charge in [-0.2, -0.15) is 0 Å².